The van der Waals surface area contributed by atoms with Crippen molar-refractivity contribution in [2.24, 2.45) is 0 Å². The minimum absolute atomic E-state index is 0.154. The van der Waals surface area contributed by atoms with Crippen molar-refractivity contribution in [2.45, 2.75) is 50.7 Å². The number of hydrogen-bond acceptors (Lipinski definition) is 6. The van der Waals surface area contributed by atoms with Crippen molar-refractivity contribution in [1.29, 1.82) is 0 Å². The van der Waals surface area contributed by atoms with E-state index >= 15 is 0 Å². The molecular formula is C19H25NO6. The maximum Gasteiger partial charge on any atom is 0.410 e. The number of esters is 1. The summed E-state index contributed by atoms with van der Waals surface area (Å²) in [6.07, 6.45) is 2.22. The van der Waals surface area contributed by atoms with Crippen LogP contribution in [0.2, 0.25) is 0 Å². The van der Waals surface area contributed by atoms with Crippen LogP contribution >= 0.6 is 0 Å². The minimum Gasteiger partial charge on any atom is -0.467 e. The number of rotatable bonds is 5. The Morgan fingerprint density at radius 2 is 2.04 bits per heavy atom. The van der Waals surface area contributed by atoms with Crippen LogP contribution in [0, 0.1) is 0 Å². The van der Waals surface area contributed by atoms with E-state index in [9.17, 15) is 9.59 Å². The molecule has 0 spiro atoms. The average molecular weight is 363 g/mol. The number of benzene rings is 1. The smallest absolute Gasteiger partial charge is 0.410 e. The van der Waals surface area contributed by atoms with E-state index in [2.05, 4.69) is 0 Å². The van der Waals surface area contributed by atoms with Crippen molar-refractivity contribution in [3.8, 4) is 0 Å². The summed E-state index contributed by atoms with van der Waals surface area (Å²) >= 11 is 0. The highest BCUT2D eigenvalue weighted by Gasteiger charge is 2.42. The summed E-state index contributed by atoms with van der Waals surface area (Å²) in [5.41, 5.74) is 0.887. The van der Waals surface area contributed by atoms with Crippen molar-refractivity contribution in [3.63, 3.8) is 0 Å². The molecule has 1 aromatic rings. The third-order valence-electron chi connectivity index (χ3n) is 4.66. The predicted octanol–water partition coefficient (Wildman–Crippen LogP) is 2.48. The van der Waals surface area contributed by atoms with Gasteiger partial charge in [-0.25, -0.2) is 9.59 Å². The molecule has 2 heterocycles. The fourth-order valence-corrected chi connectivity index (χ4v) is 3.29. The van der Waals surface area contributed by atoms with Crippen LogP contribution in [0.3, 0.4) is 0 Å². The van der Waals surface area contributed by atoms with E-state index < -0.39 is 18.1 Å². The van der Waals surface area contributed by atoms with Crippen LogP contribution in [0.25, 0.3) is 0 Å². The SMILES string of the molecule is COC(=O)[C@H]1C[C@H](OC2CCCCO2)CN1C(=O)OCc1ccccc1. The van der Waals surface area contributed by atoms with Gasteiger partial charge in [0.2, 0.25) is 0 Å². The van der Waals surface area contributed by atoms with E-state index in [4.69, 9.17) is 18.9 Å². The van der Waals surface area contributed by atoms with Crippen LogP contribution < -0.4 is 0 Å². The quantitative estimate of drug-likeness (QED) is 0.748. The van der Waals surface area contributed by atoms with Crippen molar-refractivity contribution in [3.05, 3.63) is 35.9 Å². The Kier molecular flexibility index (Phi) is 6.46. The monoisotopic (exact) mass is 363 g/mol. The molecule has 1 aromatic carbocycles. The maximum atomic E-state index is 12.5. The number of carbonyl (C=O) groups is 2. The molecule has 2 saturated heterocycles. The number of carbonyl (C=O) groups excluding carboxylic acids is 2. The van der Waals surface area contributed by atoms with Gasteiger partial charge in [-0.2, -0.15) is 0 Å². The Morgan fingerprint density at radius 1 is 1.23 bits per heavy atom. The van der Waals surface area contributed by atoms with E-state index in [0.717, 1.165) is 24.8 Å². The number of nitrogens with zero attached hydrogens (tertiary/aromatic N) is 1. The molecule has 1 amide bonds. The van der Waals surface area contributed by atoms with Crippen molar-refractivity contribution in [2.75, 3.05) is 20.3 Å². The van der Waals surface area contributed by atoms with Gasteiger partial charge >= 0.3 is 12.1 Å². The summed E-state index contributed by atoms with van der Waals surface area (Å²) in [7, 11) is 1.31. The lowest BCUT2D eigenvalue weighted by molar-refractivity contribution is -0.185. The van der Waals surface area contributed by atoms with E-state index in [1.54, 1.807) is 0 Å². The van der Waals surface area contributed by atoms with Gasteiger partial charge in [0.05, 0.1) is 19.8 Å². The van der Waals surface area contributed by atoms with Crippen molar-refractivity contribution in [1.82, 2.24) is 4.90 Å². The molecule has 0 saturated carbocycles. The molecule has 2 aliphatic rings. The van der Waals surface area contributed by atoms with Crippen molar-refractivity contribution < 1.29 is 28.5 Å². The van der Waals surface area contributed by atoms with Gasteiger partial charge < -0.3 is 18.9 Å². The lowest BCUT2D eigenvalue weighted by atomic mass is 10.2. The van der Waals surface area contributed by atoms with E-state index in [1.807, 2.05) is 30.3 Å². The second-order valence-corrected chi connectivity index (χ2v) is 6.52. The second-order valence-electron chi connectivity index (χ2n) is 6.52. The Hall–Kier alpha value is -2.12. The molecule has 2 aliphatic heterocycles. The van der Waals surface area contributed by atoms with Gasteiger partial charge in [0.15, 0.2) is 6.29 Å². The average Bonchev–Trinajstić information content (AvgIpc) is 3.11. The number of hydrogen-bond donors (Lipinski definition) is 0. The highest BCUT2D eigenvalue weighted by molar-refractivity contribution is 5.82. The molecule has 1 unspecified atom stereocenters. The van der Waals surface area contributed by atoms with Crippen molar-refractivity contribution >= 4 is 12.1 Å². The lowest BCUT2D eigenvalue weighted by Gasteiger charge is -2.25. The molecular weight excluding hydrogens is 338 g/mol. The Balaban J connectivity index is 1.58. The summed E-state index contributed by atoms with van der Waals surface area (Å²) in [5.74, 6) is -0.461. The van der Waals surface area contributed by atoms with Crippen LogP contribution in [0.5, 0.6) is 0 Å². The molecule has 7 heteroatoms. The molecule has 0 N–H and O–H groups in total. The van der Waals surface area contributed by atoms with Crippen LogP contribution in [0.4, 0.5) is 4.79 Å². The highest BCUT2D eigenvalue weighted by atomic mass is 16.7. The number of ether oxygens (including phenoxy) is 4. The normalized spacial score (nSPS) is 25.7. The maximum absolute atomic E-state index is 12.5. The third-order valence-corrected chi connectivity index (χ3v) is 4.66. The van der Waals surface area contributed by atoms with E-state index in [0.29, 0.717) is 13.0 Å². The zero-order chi connectivity index (χ0) is 18.4. The van der Waals surface area contributed by atoms with Crippen LogP contribution in [-0.4, -0.2) is 55.7 Å². The molecule has 0 radical (unpaired) electrons. The number of methoxy groups -OCH3 is 1. The largest absolute Gasteiger partial charge is 0.467 e. The molecule has 0 bridgehead atoms. The van der Waals surface area contributed by atoms with E-state index in [-0.39, 0.29) is 25.5 Å². The standard InChI is InChI=1S/C19H25NO6/c1-23-18(21)16-11-15(26-17-9-5-6-10-24-17)12-20(16)19(22)25-13-14-7-3-2-4-8-14/h2-4,7-8,15-17H,5-6,9-13H2,1H3/t15-,16+,17?/m0/s1. The fourth-order valence-electron chi connectivity index (χ4n) is 3.29. The van der Waals surface area contributed by atoms with Gasteiger partial charge in [0, 0.05) is 13.0 Å². The number of amides is 1. The zero-order valence-corrected chi connectivity index (χ0v) is 15.0. The fraction of sp³-hybridized carbons (Fsp3) is 0.579. The van der Waals surface area contributed by atoms with Gasteiger partial charge in [-0.1, -0.05) is 30.3 Å². The molecule has 3 atom stereocenters. The summed E-state index contributed by atoms with van der Waals surface area (Å²) in [4.78, 5) is 26.0. The number of likely N-dealkylation sites (tertiary alicyclic amines) is 1. The van der Waals surface area contributed by atoms with Crippen LogP contribution in [0.15, 0.2) is 30.3 Å². The molecule has 0 aliphatic carbocycles. The van der Waals surface area contributed by atoms with Gasteiger partial charge in [-0.05, 0) is 24.8 Å². The summed E-state index contributed by atoms with van der Waals surface area (Å²) in [6.45, 7) is 1.12. The first-order valence-electron chi connectivity index (χ1n) is 8.99. The first-order valence-corrected chi connectivity index (χ1v) is 8.99. The summed E-state index contributed by atoms with van der Waals surface area (Å²) < 4.78 is 21.7. The topological polar surface area (TPSA) is 74.3 Å². The minimum atomic E-state index is -0.697. The molecule has 142 valence electrons. The van der Waals surface area contributed by atoms with Gasteiger partial charge in [0.1, 0.15) is 12.6 Å². The van der Waals surface area contributed by atoms with Crippen LogP contribution in [0.1, 0.15) is 31.2 Å². The zero-order valence-electron chi connectivity index (χ0n) is 15.0. The van der Waals surface area contributed by atoms with Gasteiger partial charge in [0.25, 0.3) is 0 Å². The third kappa shape index (κ3) is 4.74. The first kappa shape index (κ1) is 18.7. The van der Waals surface area contributed by atoms with Crippen LogP contribution in [-0.2, 0) is 30.3 Å². The Labute approximate surface area is 153 Å². The molecule has 0 aromatic heterocycles. The highest BCUT2D eigenvalue weighted by Crippen LogP contribution is 2.26. The molecule has 3 rings (SSSR count). The Bertz CT molecular complexity index is 601. The van der Waals surface area contributed by atoms with Gasteiger partial charge in [-0.15, -0.1) is 0 Å². The molecule has 2 fully saturated rings. The molecule has 26 heavy (non-hydrogen) atoms. The predicted molar refractivity (Wildman–Crippen MR) is 92.2 cm³/mol. The summed E-state index contributed by atoms with van der Waals surface area (Å²) in [5, 5.41) is 0. The first-order chi connectivity index (χ1) is 12.7. The lowest BCUT2D eigenvalue weighted by Crippen LogP contribution is -2.41. The second kappa shape index (κ2) is 9.00. The molecule has 7 nitrogen and oxygen atoms in total. The van der Waals surface area contributed by atoms with E-state index in [1.165, 1.54) is 12.0 Å². The Morgan fingerprint density at radius 3 is 2.73 bits per heavy atom. The van der Waals surface area contributed by atoms with Gasteiger partial charge in [-0.3, -0.25) is 4.90 Å². The summed E-state index contributed by atoms with van der Waals surface area (Å²) in [6, 6.07) is 8.71.